The molecule has 1 aliphatic rings. The third-order valence-electron chi connectivity index (χ3n) is 5.37. The van der Waals surface area contributed by atoms with Crippen LogP contribution in [0.25, 0.3) is 22.2 Å². The van der Waals surface area contributed by atoms with Crippen molar-refractivity contribution in [2.24, 2.45) is 5.92 Å². The number of esters is 1. The van der Waals surface area contributed by atoms with E-state index in [0.29, 0.717) is 6.61 Å². The van der Waals surface area contributed by atoms with Crippen LogP contribution in [0, 0.1) is 5.92 Å². The van der Waals surface area contributed by atoms with Crippen molar-refractivity contribution in [2.75, 3.05) is 30.9 Å². The maximum atomic E-state index is 12.0. The fourth-order valence-corrected chi connectivity index (χ4v) is 4.28. The Bertz CT molecular complexity index is 1020. The summed E-state index contributed by atoms with van der Waals surface area (Å²) in [4.78, 5) is 25.0. The van der Waals surface area contributed by atoms with Crippen LogP contribution in [0.3, 0.4) is 0 Å². The number of pyridine rings is 2. The summed E-state index contributed by atoms with van der Waals surface area (Å²) in [6.45, 7) is 3.89. The first-order valence-electron chi connectivity index (χ1n) is 10.0. The number of fused-ring (bicyclic) bond motifs is 1. The molecule has 5 nitrogen and oxygen atoms in total. The van der Waals surface area contributed by atoms with Crippen LogP contribution in [0.1, 0.15) is 19.8 Å². The predicted molar refractivity (Wildman–Crippen MR) is 118 cm³/mol. The maximum Gasteiger partial charge on any atom is 0.309 e. The molecule has 0 amide bonds. The Morgan fingerprint density at radius 1 is 1.21 bits per heavy atom. The number of carbonyl (C=O) groups excluding carboxylic acids is 1. The number of carbonyl (C=O) groups is 1. The molecule has 0 atom stereocenters. The zero-order valence-electron chi connectivity index (χ0n) is 16.8. The van der Waals surface area contributed by atoms with E-state index in [2.05, 4.69) is 46.5 Å². The third kappa shape index (κ3) is 4.22. The molecule has 3 aromatic rings. The fourth-order valence-electron chi connectivity index (χ4n) is 3.82. The fraction of sp³-hybridized carbons (Fsp3) is 0.348. The molecule has 4 rings (SSSR count). The second-order valence-corrected chi connectivity index (χ2v) is 8.02. The van der Waals surface area contributed by atoms with E-state index < -0.39 is 0 Å². The lowest BCUT2D eigenvalue weighted by Gasteiger charge is -2.32. The van der Waals surface area contributed by atoms with Crippen LogP contribution in [0.4, 0.5) is 5.82 Å². The predicted octanol–water partition coefficient (Wildman–Crippen LogP) is 4.80. The van der Waals surface area contributed by atoms with Crippen molar-refractivity contribution < 1.29 is 9.53 Å². The van der Waals surface area contributed by atoms with Gasteiger partial charge in [0.2, 0.25) is 0 Å². The average Bonchev–Trinajstić information content (AvgIpc) is 2.78. The van der Waals surface area contributed by atoms with Crippen LogP contribution in [-0.4, -0.2) is 41.9 Å². The summed E-state index contributed by atoms with van der Waals surface area (Å²) in [6.07, 6.45) is 5.49. The Labute approximate surface area is 175 Å². The minimum Gasteiger partial charge on any atom is -0.466 e. The van der Waals surface area contributed by atoms with Crippen molar-refractivity contribution in [1.29, 1.82) is 0 Å². The lowest BCUT2D eigenvalue weighted by Crippen LogP contribution is -2.37. The molecule has 29 heavy (non-hydrogen) atoms. The van der Waals surface area contributed by atoms with Gasteiger partial charge in [0.1, 0.15) is 5.82 Å². The molecule has 0 radical (unpaired) electrons. The molecule has 6 heteroatoms. The highest BCUT2D eigenvalue weighted by atomic mass is 32.2. The number of rotatable bonds is 5. The molecule has 0 spiro atoms. The maximum absolute atomic E-state index is 12.0. The normalized spacial score (nSPS) is 14.9. The van der Waals surface area contributed by atoms with Crippen LogP contribution >= 0.6 is 11.8 Å². The van der Waals surface area contributed by atoms with Gasteiger partial charge < -0.3 is 9.64 Å². The van der Waals surface area contributed by atoms with Crippen molar-refractivity contribution in [1.82, 2.24) is 9.97 Å². The van der Waals surface area contributed by atoms with Crippen molar-refractivity contribution in [2.45, 2.75) is 24.7 Å². The highest BCUT2D eigenvalue weighted by molar-refractivity contribution is 7.98. The van der Waals surface area contributed by atoms with Gasteiger partial charge in [-0.1, -0.05) is 12.1 Å². The number of hydrogen-bond acceptors (Lipinski definition) is 6. The van der Waals surface area contributed by atoms with Crippen LogP contribution in [0.2, 0.25) is 0 Å². The minimum absolute atomic E-state index is 0.00828. The van der Waals surface area contributed by atoms with Gasteiger partial charge in [0.25, 0.3) is 0 Å². The Morgan fingerprint density at radius 3 is 2.79 bits per heavy atom. The van der Waals surface area contributed by atoms with E-state index in [1.807, 2.05) is 25.3 Å². The molecular formula is C23H25N3O2S. The number of benzene rings is 1. The number of nitrogens with zero attached hydrogens (tertiary/aromatic N) is 3. The van der Waals surface area contributed by atoms with Crippen molar-refractivity contribution in [3.8, 4) is 11.1 Å². The zero-order valence-corrected chi connectivity index (χ0v) is 17.6. The summed E-state index contributed by atoms with van der Waals surface area (Å²) >= 11 is 1.73. The number of piperidine rings is 1. The first-order chi connectivity index (χ1) is 14.2. The van der Waals surface area contributed by atoms with Crippen LogP contribution in [0.5, 0.6) is 0 Å². The zero-order chi connectivity index (χ0) is 20.2. The average molecular weight is 408 g/mol. The third-order valence-corrected chi connectivity index (χ3v) is 6.09. The summed E-state index contributed by atoms with van der Waals surface area (Å²) in [5.74, 6) is 0.862. The standard InChI is InChI=1S/C23H25N3O2S/c1-3-28-23(27)16-9-12-26(13-10-16)21-15-19(17-6-4-7-18(14-17)29-2)22-20(25-21)8-5-11-24-22/h4-8,11,14-16H,3,9-10,12-13H2,1-2H3. The first kappa shape index (κ1) is 19.7. The smallest absolute Gasteiger partial charge is 0.309 e. The summed E-state index contributed by atoms with van der Waals surface area (Å²) < 4.78 is 5.20. The van der Waals surface area contributed by atoms with E-state index >= 15 is 0 Å². The van der Waals surface area contributed by atoms with Crippen LogP contribution < -0.4 is 4.90 Å². The Balaban J connectivity index is 1.67. The second kappa shape index (κ2) is 8.82. The Hall–Kier alpha value is -2.60. The number of aromatic nitrogens is 2. The highest BCUT2D eigenvalue weighted by Crippen LogP contribution is 2.33. The lowest BCUT2D eigenvalue weighted by atomic mass is 9.96. The van der Waals surface area contributed by atoms with E-state index in [-0.39, 0.29) is 11.9 Å². The molecule has 1 saturated heterocycles. The molecule has 0 aliphatic carbocycles. The van der Waals surface area contributed by atoms with Gasteiger partial charge >= 0.3 is 5.97 Å². The number of anilines is 1. The molecule has 3 heterocycles. The van der Waals surface area contributed by atoms with Gasteiger partial charge in [-0.05, 0) is 61.9 Å². The van der Waals surface area contributed by atoms with Crippen molar-refractivity contribution >= 4 is 34.6 Å². The van der Waals surface area contributed by atoms with Gasteiger partial charge in [-0.15, -0.1) is 11.8 Å². The SMILES string of the molecule is CCOC(=O)C1CCN(c2cc(-c3cccc(SC)c3)c3ncccc3n2)CC1. The van der Waals surface area contributed by atoms with Crippen LogP contribution in [-0.2, 0) is 9.53 Å². The van der Waals surface area contributed by atoms with Gasteiger partial charge in [0.15, 0.2) is 0 Å². The molecule has 1 aromatic carbocycles. The molecule has 1 fully saturated rings. The van der Waals surface area contributed by atoms with E-state index in [9.17, 15) is 4.79 Å². The molecule has 0 bridgehead atoms. The van der Waals surface area contributed by atoms with Crippen LogP contribution in [0.15, 0.2) is 53.6 Å². The Morgan fingerprint density at radius 2 is 2.03 bits per heavy atom. The Kier molecular flexibility index (Phi) is 6.00. The minimum atomic E-state index is -0.0719. The van der Waals surface area contributed by atoms with Gasteiger partial charge in [0.05, 0.1) is 23.6 Å². The molecular weight excluding hydrogens is 382 g/mol. The van der Waals surface area contributed by atoms with Gasteiger partial charge in [-0.2, -0.15) is 0 Å². The molecule has 0 unspecified atom stereocenters. The molecule has 2 aromatic heterocycles. The number of thioether (sulfide) groups is 1. The first-order valence-corrected chi connectivity index (χ1v) is 11.2. The van der Waals surface area contributed by atoms with E-state index in [4.69, 9.17) is 9.72 Å². The highest BCUT2D eigenvalue weighted by Gasteiger charge is 2.27. The summed E-state index contributed by atoms with van der Waals surface area (Å²) in [7, 11) is 0. The largest absolute Gasteiger partial charge is 0.466 e. The van der Waals surface area contributed by atoms with E-state index in [1.165, 1.54) is 4.90 Å². The molecule has 0 saturated carbocycles. The van der Waals surface area contributed by atoms with E-state index in [0.717, 1.165) is 53.9 Å². The van der Waals surface area contributed by atoms with Crippen molar-refractivity contribution in [3.63, 3.8) is 0 Å². The topological polar surface area (TPSA) is 55.3 Å². The lowest BCUT2D eigenvalue weighted by molar-refractivity contribution is -0.148. The second-order valence-electron chi connectivity index (χ2n) is 7.14. The molecule has 0 N–H and O–H groups in total. The molecule has 1 aliphatic heterocycles. The van der Waals surface area contributed by atoms with Gasteiger partial charge in [-0.25, -0.2) is 4.98 Å². The summed E-state index contributed by atoms with van der Waals surface area (Å²) in [5, 5.41) is 0. The van der Waals surface area contributed by atoms with Crippen molar-refractivity contribution in [3.05, 3.63) is 48.7 Å². The summed E-state index contributed by atoms with van der Waals surface area (Å²) in [5.41, 5.74) is 4.04. The quantitative estimate of drug-likeness (QED) is 0.447. The monoisotopic (exact) mass is 407 g/mol. The van der Waals surface area contributed by atoms with Gasteiger partial charge in [0, 0.05) is 29.7 Å². The number of hydrogen-bond donors (Lipinski definition) is 0. The molecule has 150 valence electrons. The summed E-state index contributed by atoms with van der Waals surface area (Å²) in [6, 6.07) is 14.6. The number of ether oxygens (including phenoxy) is 1. The van der Waals surface area contributed by atoms with Gasteiger partial charge in [-0.3, -0.25) is 9.78 Å². The van der Waals surface area contributed by atoms with E-state index in [1.54, 1.807) is 11.8 Å².